The van der Waals surface area contributed by atoms with Gasteiger partial charge in [0.25, 0.3) is 0 Å². The molecule has 0 bridgehead atoms. The van der Waals surface area contributed by atoms with Gasteiger partial charge < -0.3 is 9.88 Å². The minimum atomic E-state index is -0.230. The van der Waals surface area contributed by atoms with Gasteiger partial charge in [0.15, 0.2) is 0 Å². The van der Waals surface area contributed by atoms with Gasteiger partial charge in [-0.2, -0.15) is 0 Å². The van der Waals surface area contributed by atoms with Crippen LogP contribution in [0.15, 0.2) is 24.3 Å². The Morgan fingerprint density at radius 1 is 1.47 bits per heavy atom. The minimum absolute atomic E-state index is 0.0106. The molecule has 0 aliphatic rings. The van der Waals surface area contributed by atoms with Crippen molar-refractivity contribution in [2.24, 2.45) is 0 Å². The van der Waals surface area contributed by atoms with Crippen molar-refractivity contribution in [2.75, 3.05) is 6.54 Å². The summed E-state index contributed by atoms with van der Waals surface area (Å²) in [7, 11) is 0. The second-order valence-electron chi connectivity index (χ2n) is 4.51. The molecule has 5 heteroatoms. The number of hydrogen-bond acceptors (Lipinski definition) is 2. The molecule has 19 heavy (non-hydrogen) atoms. The third-order valence-electron chi connectivity index (χ3n) is 2.91. The summed E-state index contributed by atoms with van der Waals surface area (Å²) in [4.78, 5) is 16.4. The molecule has 102 valence electrons. The van der Waals surface area contributed by atoms with E-state index in [-0.39, 0.29) is 17.8 Å². The van der Waals surface area contributed by atoms with Crippen LogP contribution in [0, 0.1) is 0 Å². The van der Waals surface area contributed by atoms with Crippen molar-refractivity contribution in [1.29, 1.82) is 0 Å². The molecule has 1 aromatic carbocycles. The van der Waals surface area contributed by atoms with Crippen LogP contribution in [0.5, 0.6) is 0 Å². The van der Waals surface area contributed by atoms with E-state index in [9.17, 15) is 4.79 Å². The molecule has 1 aromatic heterocycles. The minimum Gasteiger partial charge on any atom is -0.355 e. The van der Waals surface area contributed by atoms with Crippen LogP contribution >= 0.6 is 11.6 Å². The maximum absolute atomic E-state index is 11.9. The zero-order valence-electron chi connectivity index (χ0n) is 11.2. The van der Waals surface area contributed by atoms with E-state index in [1.165, 1.54) is 0 Å². The summed E-state index contributed by atoms with van der Waals surface area (Å²) in [6, 6.07) is 7.75. The number of nitrogens with one attached hydrogen (secondary N) is 1. The lowest BCUT2D eigenvalue weighted by atomic mass is 10.3. The molecule has 0 fully saturated rings. The molecule has 4 nitrogen and oxygen atoms in total. The predicted molar refractivity (Wildman–Crippen MR) is 77.3 cm³/mol. The second kappa shape index (κ2) is 6.06. The fourth-order valence-corrected chi connectivity index (χ4v) is 2.19. The van der Waals surface area contributed by atoms with Crippen molar-refractivity contribution < 1.29 is 4.79 Å². The van der Waals surface area contributed by atoms with Crippen LogP contribution in [0.2, 0.25) is 0 Å². The molecule has 1 amide bonds. The Hall–Kier alpha value is -1.55. The van der Waals surface area contributed by atoms with Crippen LogP contribution in [-0.4, -0.2) is 22.0 Å². The number of para-hydroxylation sites is 2. The maximum atomic E-state index is 11.9. The van der Waals surface area contributed by atoms with Gasteiger partial charge in [0, 0.05) is 6.54 Å². The van der Waals surface area contributed by atoms with Crippen LogP contribution in [0.25, 0.3) is 11.0 Å². The number of carbonyl (C=O) groups is 1. The van der Waals surface area contributed by atoms with Gasteiger partial charge in [-0.15, -0.1) is 11.6 Å². The molecule has 0 aliphatic carbocycles. The summed E-state index contributed by atoms with van der Waals surface area (Å²) in [5.41, 5.74) is 1.81. The van der Waals surface area contributed by atoms with Gasteiger partial charge in [0.2, 0.25) is 5.91 Å². The molecule has 2 rings (SSSR count). The van der Waals surface area contributed by atoms with E-state index in [4.69, 9.17) is 11.6 Å². The van der Waals surface area contributed by atoms with Gasteiger partial charge in [-0.1, -0.05) is 19.1 Å². The van der Waals surface area contributed by atoms with Crippen molar-refractivity contribution in [3.8, 4) is 0 Å². The normalized spacial score (nSPS) is 12.6. The first-order chi connectivity index (χ1) is 9.13. The zero-order chi connectivity index (χ0) is 13.8. The van der Waals surface area contributed by atoms with Crippen LogP contribution in [0.4, 0.5) is 0 Å². The fraction of sp³-hybridized carbons (Fsp3) is 0.429. The Morgan fingerprint density at radius 3 is 2.89 bits per heavy atom. The largest absolute Gasteiger partial charge is 0.355 e. The number of alkyl halides is 1. The molecule has 0 radical (unpaired) electrons. The summed E-state index contributed by atoms with van der Waals surface area (Å²) in [5.74, 6) is 0.720. The summed E-state index contributed by atoms with van der Waals surface area (Å²) in [6.45, 7) is 4.84. The van der Waals surface area contributed by atoms with Crippen molar-refractivity contribution in [2.45, 2.75) is 32.2 Å². The van der Waals surface area contributed by atoms with Gasteiger partial charge in [0.05, 0.1) is 16.4 Å². The number of hydrogen-bond donors (Lipinski definition) is 1. The number of benzene rings is 1. The second-order valence-corrected chi connectivity index (χ2v) is 5.17. The summed E-state index contributed by atoms with van der Waals surface area (Å²) in [5, 5.41) is 2.64. The lowest BCUT2D eigenvalue weighted by Gasteiger charge is -2.10. The highest BCUT2D eigenvalue weighted by molar-refractivity contribution is 6.20. The summed E-state index contributed by atoms with van der Waals surface area (Å²) >= 11 is 6.15. The number of halogens is 1. The Morgan fingerprint density at radius 2 is 2.21 bits per heavy atom. The van der Waals surface area contributed by atoms with Crippen molar-refractivity contribution in [1.82, 2.24) is 14.9 Å². The Bertz CT molecular complexity index is 577. The number of imidazole rings is 1. The van der Waals surface area contributed by atoms with E-state index in [0.717, 1.165) is 23.3 Å². The smallest absolute Gasteiger partial charge is 0.240 e. The summed E-state index contributed by atoms with van der Waals surface area (Å²) in [6.07, 6.45) is 0.926. The van der Waals surface area contributed by atoms with Crippen molar-refractivity contribution in [3.05, 3.63) is 30.1 Å². The van der Waals surface area contributed by atoms with E-state index in [2.05, 4.69) is 10.3 Å². The average Bonchev–Trinajstić information content (AvgIpc) is 2.76. The number of carbonyl (C=O) groups excluding carboxylic acids is 1. The predicted octanol–water partition coefficient (Wildman–Crippen LogP) is 2.86. The van der Waals surface area contributed by atoms with Gasteiger partial charge in [-0.05, 0) is 25.5 Å². The molecule has 1 heterocycles. The van der Waals surface area contributed by atoms with Crippen LogP contribution in [-0.2, 0) is 11.3 Å². The highest BCUT2D eigenvalue weighted by Gasteiger charge is 2.16. The first kappa shape index (κ1) is 13.9. The molecule has 0 saturated heterocycles. The van der Waals surface area contributed by atoms with E-state index in [0.29, 0.717) is 6.54 Å². The highest BCUT2D eigenvalue weighted by atomic mass is 35.5. The van der Waals surface area contributed by atoms with E-state index < -0.39 is 0 Å². The quantitative estimate of drug-likeness (QED) is 0.856. The first-order valence-electron chi connectivity index (χ1n) is 6.49. The lowest BCUT2D eigenvalue weighted by molar-refractivity contribution is -0.121. The standard InChI is InChI=1S/C14H18ClN3O/c1-3-8-16-13(19)9-18-12-7-5-4-6-11(12)17-14(18)10(2)15/h4-7,10H,3,8-9H2,1-2H3,(H,16,19). The SMILES string of the molecule is CCCNC(=O)Cn1c(C(C)Cl)nc2ccccc21. The summed E-state index contributed by atoms with van der Waals surface area (Å²) < 4.78 is 1.89. The van der Waals surface area contributed by atoms with Crippen molar-refractivity contribution >= 4 is 28.5 Å². The molecular formula is C14H18ClN3O. The number of aromatic nitrogens is 2. The van der Waals surface area contributed by atoms with Crippen LogP contribution in [0.1, 0.15) is 31.5 Å². The van der Waals surface area contributed by atoms with E-state index in [1.54, 1.807) is 0 Å². The van der Waals surface area contributed by atoms with Crippen molar-refractivity contribution in [3.63, 3.8) is 0 Å². The maximum Gasteiger partial charge on any atom is 0.240 e. The van der Waals surface area contributed by atoms with Crippen LogP contribution < -0.4 is 5.32 Å². The van der Waals surface area contributed by atoms with E-state index >= 15 is 0 Å². The zero-order valence-corrected chi connectivity index (χ0v) is 11.9. The molecule has 0 spiro atoms. The third-order valence-corrected chi connectivity index (χ3v) is 3.11. The Labute approximate surface area is 117 Å². The Kier molecular flexibility index (Phi) is 4.43. The molecule has 1 N–H and O–H groups in total. The Balaban J connectivity index is 2.34. The lowest BCUT2D eigenvalue weighted by Crippen LogP contribution is -2.28. The van der Waals surface area contributed by atoms with Gasteiger partial charge in [-0.3, -0.25) is 4.79 Å². The molecule has 1 atom stereocenters. The first-order valence-corrected chi connectivity index (χ1v) is 6.93. The topological polar surface area (TPSA) is 46.9 Å². The van der Waals surface area contributed by atoms with Gasteiger partial charge >= 0.3 is 0 Å². The molecule has 2 aromatic rings. The third kappa shape index (κ3) is 3.07. The van der Waals surface area contributed by atoms with Gasteiger partial charge in [-0.25, -0.2) is 4.98 Å². The fourth-order valence-electron chi connectivity index (χ4n) is 2.03. The average molecular weight is 280 g/mol. The number of amides is 1. The monoisotopic (exact) mass is 279 g/mol. The van der Waals surface area contributed by atoms with E-state index in [1.807, 2.05) is 42.7 Å². The number of nitrogens with zero attached hydrogens (tertiary/aromatic N) is 2. The van der Waals surface area contributed by atoms with Crippen LogP contribution in [0.3, 0.4) is 0 Å². The highest BCUT2D eigenvalue weighted by Crippen LogP contribution is 2.24. The van der Waals surface area contributed by atoms with Gasteiger partial charge in [0.1, 0.15) is 12.4 Å². The molecule has 1 unspecified atom stereocenters. The molecular weight excluding hydrogens is 262 g/mol. The molecule has 0 saturated carbocycles. The molecule has 0 aliphatic heterocycles. The number of fused-ring (bicyclic) bond motifs is 1. The number of rotatable bonds is 5.